The zero-order valence-electron chi connectivity index (χ0n) is 12.2. The Labute approximate surface area is 129 Å². The molecule has 2 rings (SSSR count). The molecule has 0 radical (unpaired) electrons. The summed E-state index contributed by atoms with van der Waals surface area (Å²) in [7, 11) is 0. The van der Waals surface area contributed by atoms with Crippen LogP contribution in [-0.2, 0) is 9.59 Å². The Balaban J connectivity index is 2.07. The first-order valence-corrected chi connectivity index (χ1v) is 7.47. The normalized spacial score (nSPS) is 18.2. The maximum absolute atomic E-state index is 12.1. The highest BCUT2D eigenvalue weighted by atomic mass is 35.5. The molecule has 1 heterocycles. The molecule has 0 spiro atoms. The molecule has 1 saturated heterocycles. The van der Waals surface area contributed by atoms with Crippen molar-refractivity contribution < 1.29 is 14.3 Å². The van der Waals surface area contributed by atoms with Crippen LogP contribution in [0.5, 0.6) is 5.75 Å². The summed E-state index contributed by atoms with van der Waals surface area (Å²) in [5, 5.41) is 3.54. The minimum atomic E-state index is -0.516. The van der Waals surface area contributed by atoms with E-state index in [9.17, 15) is 9.59 Å². The van der Waals surface area contributed by atoms with Gasteiger partial charge in [0.1, 0.15) is 11.8 Å². The van der Waals surface area contributed by atoms with E-state index >= 15 is 0 Å². The van der Waals surface area contributed by atoms with E-state index in [1.165, 1.54) is 4.90 Å². The van der Waals surface area contributed by atoms with Gasteiger partial charge in [-0.25, -0.2) is 0 Å². The second-order valence-electron chi connectivity index (χ2n) is 4.86. The van der Waals surface area contributed by atoms with Crippen LogP contribution in [0.3, 0.4) is 0 Å². The Hall–Kier alpha value is -1.75. The van der Waals surface area contributed by atoms with E-state index in [-0.39, 0.29) is 18.2 Å². The van der Waals surface area contributed by atoms with Crippen LogP contribution in [0.25, 0.3) is 0 Å². The number of benzene rings is 1. The fourth-order valence-corrected chi connectivity index (χ4v) is 2.55. The summed E-state index contributed by atoms with van der Waals surface area (Å²) in [5.41, 5.74) is 0.702. The number of hydrogen-bond acceptors (Lipinski definition) is 4. The van der Waals surface area contributed by atoms with E-state index in [1.54, 1.807) is 18.2 Å². The van der Waals surface area contributed by atoms with Crippen LogP contribution in [0.1, 0.15) is 26.7 Å². The van der Waals surface area contributed by atoms with Crippen molar-refractivity contribution in [3.8, 4) is 5.75 Å². The second kappa shape index (κ2) is 6.80. The molecule has 2 amide bonds. The molecular weight excluding hydrogens is 292 g/mol. The number of halogens is 1. The number of likely N-dealkylation sites (tertiary alicyclic amines) is 1. The van der Waals surface area contributed by atoms with E-state index in [1.807, 2.05) is 13.8 Å². The largest absolute Gasteiger partial charge is 0.492 e. The fourth-order valence-electron chi connectivity index (χ4n) is 2.32. The molecule has 1 atom stereocenters. The van der Waals surface area contributed by atoms with E-state index in [0.29, 0.717) is 29.6 Å². The monoisotopic (exact) mass is 310 g/mol. The lowest BCUT2D eigenvalue weighted by Crippen LogP contribution is -2.35. The lowest BCUT2D eigenvalue weighted by Gasteiger charge is -2.15. The maximum atomic E-state index is 12.1. The number of nitrogens with zero attached hydrogens (tertiary/aromatic N) is 1. The highest BCUT2D eigenvalue weighted by molar-refractivity contribution is 6.32. The number of ether oxygens (including phenoxy) is 1. The number of anilines is 1. The molecule has 5 nitrogen and oxygen atoms in total. The van der Waals surface area contributed by atoms with Gasteiger partial charge in [-0.15, -0.1) is 0 Å². The molecule has 0 aliphatic carbocycles. The predicted molar refractivity (Wildman–Crippen MR) is 81.7 cm³/mol. The van der Waals surface area contributed by atoms with Gasteiger partial charge < -0.3 is 10.1 Å². The molecule has 0 aromatic heterocycles. The number of hydrogen-bond donors (Lipinski definition) is 1. The van der Waals surface area contributed by atoms with Gasteiger partial charge in [0.2, 0.25) is 5.91 Å². The minimum Gasteiger partial charge on any atom is -0.492 e. The van der Waals surface area contributed by atoms with Crippen LogP contribution in [0.15, 0.2) is 18.2 Å². The predicted octanol–water partition coefficient (Wildman–Crippen LogP) is 2.69. The van der Waals surface area contributed by atoms with E-state index in [2.05, 4.69) is 5.32 Å². The molecule has 1 unspecified atom stereocenters. The minimum absolute atomic E-state index is 0.128. The Morgan fingerprint density at radius 1 is 1.38 bits per heavy atom. The van der Waals surface area contributed by atoms with E-state index < -0.39 is 6.04 Å². The number of rotatable bonds is 6. The van der Waals surface area contributed by atoms with Crippen LogP contribution in [0.4, 0.5) is 5.69 Å². The molecule has 0 saturated carbocycles. The average Bonchev–Trinajstić information content (AvgIpc) is 2.70. The van der Waals surface area contributed by atoms with Crippen molar-refractivity contribution in [1.82, 2.24) is 4.90 Å². The van der Waals surface area contributed by atoms with Gasteiger partial charge in [0.05, 0.1) is 18.1 Å². The molecule has 1 aliphatic rings. The molecule has 1 aliphatic heterocycles. The Morgan fingerprint density at radius 3 is 2.76 bits per heavy atom. The molecule has 0 bridgehead atoms. The molecule has 1 aromatic carbocycles. The van der Waals surface area contributed by atoms with Gasteiger partial charge in [0, 0.05) is 12.2 Å². The number of carbonyl (C=O) groups is 2. The lowest BCUT2D eigenvalue weighted by atomic mass is 10.2. The van der Waals surface area contributed by atoms with Crippen molar-refractivity contribution in [1.29, 1.82) is 0 Å². The molecule has 1 fully saturated rings. The standard InChI is InChI=1S/C15H19ClN2O3/c1-3-7-18-14(19)9-12(15(18)20)17-10-5-6-13(21-4-2)11(16)8-10/h5-6,8,12,17H,3-4,7,9H2,1-2H3. The first-order valence-electron chi connectivity index (χ1n) is 7.09. The summed E-state index contributed by atoms with van der Waals surface area (Å²) in [6, 6.07) is 4.72. The topological polar surface area (TPSA) is 58.6 Å². The van der Waals surface area contributed by atoms with Crippen molar-refractivity contribution in [2.75, 3.05) is 18.5 Å². The summed E-state index contributed by atoms with van der Waals surface area (Å²) in [4.78, 5) is 25.3. The first-order chi connectivity index (χ1) is 10.1. The van der Waals surface area contributed by atoms with E-state index in [4.69, 9.17) is 16.3 Å². The Morgan fingerprint density at radius 2 is 2.14 bits per heavy atom. The molecule has 1 N–H and O–H groups in total. The van der Waals surface area contributed by atoms with Crippen molar-refractivity contribution in [3.05, 3.63) is 23.2 Å². The molecule has 114 valence electrons. The van der Waals surface area contributed by atoms with Gasteiger partial charge >= 0.3 is 0 Å². The van der Waals surface area contributed by atoms with E-state index in [0.717, 1.165) is 6.42 Å². The summed E-state index contributed by atoms with van der Waals surface area (Å²) in [5.74, 6) is 0.300. The van der Waals surface area contributed by atoms with Crippen molar-refractivity contribution >= 4 is 29.1 Å². The first kappa shape index (κ1) is 15.6. The Bertz CT molecular complexity index is 548. The summed E-state index contributed by atoms with van der Waals surface area (Å²) in [6.45, 7) is 4.83. The number of amides is 2. The smallest absolute Gasteiger partial charge is 0.252 e. The molecule has 6 heteroatoms. The third kappa shape index (κ3) is 3.47. The van der Waals surface area contributed by atoms with Crippen LogP contribution < -0.4 is 10.1 Å². The maximum Gasteiger partial charge on any atom is 0.252 e. The highest BCUT2D eigenvalue weighted by Crippen LogP contribution is 2.29. The van der Waals surface area contributed by atoms with Gasteiger partial charge in [-0.2, -0.15) is 0 Å². The lowest BCUT2D eigenvalue weighted by molar-refractivity contribution is -0.138. The van der Waals surface area contributed by atoms with Gasteiger partial charge in [-0.05, 0) is 31.5 Å². The SMILES string of the molecule is CCCN1C(=O)CC(Nc2ccc(OCC)c(Cl)c2)C1=O. The third-order valence-electron chi connectivity index (χ3n) is 3.26. The van der Waals surface area contributed by atoms with Crippen LogP contribution in [0, 0.1) is 0 Å². The average molecular weight is 311 g/mol. The zero-order chi connectivity index (χ0) is 15.4. The molecule has 21 heavy (non-hydrogen) atoms. The Kier molecular flexibility index (Phi) is 5.07. The number of nitrogens with one attached hydrogen (secondary N) is 1. The summed E-state index contributed by atoms with van der Waals surface area (Å²) >= 11 is 6.11. The van der Waals surface area contributed by atoms with Gasteiger partial charge in [0.25, 0.3) is 5.91 Å². The fraction of sp³-hybridized carbons (Fsp3) is 0.467. The van der Waals surface area contributed by atoms with Crippen molar-refractivity contribution in [2.45, 2.75) is 32.7 Å². The third-order valence-corrected chi connectivity index (χ3v) is 3.56. The zero-order valence-corrected chi connectivity index (χ0v) is 12.9. The van der Waals surface area contributed by atoms with Gasteiger partial charge in [-0.3, -0.25) is 14.5 Å². The van der Waals surface area contributed by atoms with Crippen molar-refractivity contribution in [2.24, 2.45) is 0 Å². The van der Waals surface area contributed by atoms with Gasteiger partial charge in [-0.1, -0.05) is 18.5 Å². The summed E-state index contributed by atoms with van der Waals surface area (Å²) < 4.78 is 5.36. The molecule has 1 aromatic rings. The molecular formula is C15H19ClN2O3. The van der Waals surface area contributed by atoms with Crippen LogP contribution in [0.2, 0.25) is 5.02 Å². The van der Waals surface area contributed by atoms with Crippen LogP contribution in [-0.4, -0.2) is 35.9 Å². The van der Waals surface area contributed by atoms with Crippen molar-refractivity contribution in [3.63, 3.8) is 0 Å². The second-order valence-corrected chi connectivity index (χ2v) is 5.27. The highest BCUT2D eigenvalue weighted by Gasteiger charge is 2.37. The van der Waals surface area contributed by atoms with Gasteiger partial charge in [0.15, 0.2) is 0 Å². The number of imide groups is 1. The quantitative estimate of drug-likeness (QED) is 0.821. The number of carbonyl (C=O) groups excluding carboxylic acids is 2. The summed E-state index contributed by atoms with van der Waals surface area (Å²) in [6.07, 6.45) is 0.947. The van der Waals surface area contributed by atoms with Crippen LogP contribution >= 0.6 is 11.6 Å².